The Morgan fingerprint density at radius 3 is 2.68 bits per heavy atom. The molecule has 0 amide bonds. The Labute approximate surface area is 117 Å². The van der Waals surface area contributed by atoms with Gasteiger partial charge >= 0.3 is 5.97 Å². The monoisotopic (exact) mass is 325 g/mol. The van der Waals surface area contributed by atoms with Gasteiger partial charge in [0.1, 0.15) is 17.3 Å². The Morgan fingerprint density at radius 1 is 1.26 bits per heavy atom. The van der Waals surface area contributed by atoms with Gasteiger partial charge in [-0.2, -0.15) is 0 Å². The summed E-state index contributed by atoms with van der Waals surface area (Å²) in [5.74, 6) is -0.0766. The van der Waals surface area contributed by atoms with E-state index >= 15 is 0 Å². The molecule has 1 heterocycles. The van der Waals surface area contributed by atoms with Gasteiger partial charge in [-0.3, -0.25) is 0 Å². The molecule has 0 bridgehead atoms. The van der Waals surface area contributed by atoms with Crippen LogP contribution in [0.1, 0.15) is 10.5 Å². The van der Waals surface area contributed by atoms with Crippen molar-refractivity contribution in [1.29, 1.82) is 0 Å². The second kappa shape index (κ2) is 5.79. The molecule has 0 saturated heterocycles. The van der Waals surface area contributed by atoms with Crippen LogP contribution in [0, 0.1) is 5.82 Å². The zero-order valence-electron chi connectivity index (χ0n) is 9.89. The Hall–Kier alpha value is -1.95. The van der Waals surface area contributed by atoms with Gasteiger partial charge < -0.3 is 9.47 Å². The van der Waals surface area contributed by atoms with Crippen LogP contribution in [0.3, 0.4) is 0 Å². The molecule has 0 N–H and O–H groups in total. The van der Waals surface area contributed by atoms with Gasteiger partial charge in [-0.1, -0.05) is 0 Å². The minimum Gasteiger partial charge on any atom is -0.464 e. The van der Waals surface area contributed by atoms with Crippen LogP contribution in [0.5, 0.6) is 11.5 Å². The lowest BCUT2D eigenvalue weighted by atomic mass is 10.3. The first-order valence-electron chi connectivity index (χ1n) is 5.27. The number of esters is 1. The number of halogens is 2. The van der Waals surface area contributed by atoms with Crippen LogP contribution >= 0.6 is 15.9 Å². The number of pyridine rings is 1. The minimum absolute atomic E-state index is 0.140. The zero-order valence-corrected chi connectivity index (χ0v) is 11.5. The third-order valence-corrected chi connectivity index (χ3v) is 2.86. The number of ether oxygens (including phenoxy) is 2. The molecular weight excluding hydrogens is 317 g/mol. The SMILES string of the molecule is COC(=O)c1cc(Oc2ccc(F)c(Br)c2)ccn1. The average Bonchev–Trinajstić information content (AvgIpc) is 2.42. The molecule has 2 aromatic rings. The van der Waals surface area contributed by atoms with Crippen LogP contribution in [-0.2, 0) is 4.74 Å². The molecule has 19 heavy (non-hydrogen) atoms. The van der Waals surface area contributed by atoms with E-state index in [-0.39, 0.29) is 11.5 Å². The van der Waals surface area contributed by atoms with Crippen molar-refractivity contribution in [1.82, 2.24) is 4.98 Å². The summed E-state index contributed by atoms with van der Waals surface area (Å²) >= 11 is 3.07. The van der Waals surface area contributed by atoms with Crippen molar-refractivity contribution < 1.29 is 18.7 Å². The van der Waals surface area contributed by atoms with E-state index in [0.717, 1.165) is 0 Å². The summed E-state index contributed by atoms with van der Waals surface area (Å²) < 4.78 is 23.4. The molecule has 0 spiro atoms. The summed E-state index contributed by atoms with van der Waals surface area (Å²) in [6.45, 7) is 0. The normalized spacial score (nSPS) is 10.1. The fourth-order valence-corrected chi connectivity index (χ4v) is 1.73. The maximum absolute atomic E-state index is 13.1. The fraction of sp³-hybridized carbons (Fsp3) is 0.0769. The highest BCUT2D eigenvalue weighted by Gasteiger charge is 2.09. The molecule has 0 fully saturated rings. The summed E-state index contributed by atoms with van der Waals surface area (Å²) in [5, 5.41) is 0. The van der Waals surface area contributed by atoms with Crippen molar-refractivity contribution in [3.8, 4) is 11.5 Å². The molecule has 2 rings (SSSR count). The number of carbonyl (C=O) groups is 1. The number of aromatic nitrogens is 1. The van der Waals surface area contributed by atoms with Crippen molar-refractivity contribution in [3.05, 3.63) is 52.5 Å². The molecule has 0 aliphatic heterocycles. The molecule has 0 aliphatic carbocycles. The van der Waals surface area contributed by atoms with E-state index in [1.54, 1.807) is 6.07 Å². The van der Waals surface area contributed by atoms with Crippen molar-refractivity contribution >= 4 is 21.9 Å². The van der Waals surface area contributed by atoms with Crippen LogP contribution in [0.15, 0.2) is 41.0 Å². The van der Waals surface area contributed by atoms with Gasteiger partial charge in [0.2, 0.25) is 0 Å². The summed E-state index contributed by atoms with van der Waals surface area (Å²) in [6, 6.07) is 7.29. The lowest BCUT2D eigenvalue weighted by Gasteiger charge is -2.07. The Balaban J connectivity index is 2.23. The molecule has 6 heteroatoms. The minimum atomic E-state index is -0.550. The van der Waals surface area contributed by atoms with E-state index < -0.39 is 5.97 Å². The van der Waals surface area contributed by atoms with Crippen LogP contribution in [0.25, 0.3) is 0 Å². The highest BCUT2D eigenvalue weighted by atomic mass is 79.9. The van der Waals surface area contributed by atoms with Crippen LogP contribution < -0.4 is 4.74 Å². The highest BCUT2D eigenvalue weighted by Crippen LogP contribution is 2.26. The number of hydrogen-bond donors (Lipinski definition) is 0. The average molecular weight is 326 g/mol. The van der Waals surface area contributed by atoms with Crippen molar-refractivity contribution in [2.75, 3.05) is 7.11 Å². The number of benzene rings is 1. The standard InChI is InChI=1S/C13H9BrFNO3/c1-18-13(17)12-7-9(4-5-16-12)19-8-2-3-11(15)10(14)6-8/h2-7H,1H3. The zero-order chi connectivity index (χ0) is 13.8. The van der Waals surface area contributed by atoms with Gasteiger partial charge in [0.25, 0.3) is 0 Å². The van der Waals surface area contributed by atoms with E-state index in [0.29, 0.717) is 16.0 Å². The maximum Gasteiger partial charge on any atom is 0.356 e. The summed E-state index contributed by atoms with van der Waals surface area (Å²) in [6.07, 6.45) is 1.43. The first-order chi connectivity index (χ1) is 9.10. The second-order valence-electron chi connectivity index (χ2n) is 3.55. The van der Waals surface area contributed by atoms with E-state index in [1.165, 1.54) is 37.6 Å². The molecule has 98 valence electrons. The van der Waals surface area contributed by atoms with E-state index in [4.69, 9.17) is 4.74 Å². The molecule has 4 nitrogen and oxygen atoms in total. The quantitative estimate of drug-likeness (QED) is 0.809. The van der Waals surface area contributed by atoms with E-state index in [9.17, 15) is 9.18 Å². The molecule has 1 aromatic carbocycles. The van der Waals surface area contributed by atoms with Gasteiger partial charge in [0.05, 0.1) is 11.6 Å². The number of hydrogen-bond acceptors (Lipinski definition) is 4. The number of methoxy groups -OCH3 is 1. The van der Waals surface area contributed by atoms with Crippen molar-refractivity contribution in [2.45, 2.75) is 0 Å². The van der Waals surface area contributed by atoms with Crippen molar-refractivity contribution in [2.24, 2.45) is 0 Å². The summed E-state index contributed by atoms with van der Waals surface area (Å²) in [7, 11) is 1.27. The lowest BCUT2D eigenvalue weighted by molar-refractivity contribution is 0.0593. The Kier molecular flexibility index (Phi) is 4.11. The van der Waals surface area contributed by atoms with Gasteiger partial charge in [0.15, 0.2) is 5.69 Å². The third-order valence-electron chi connectivity index (χ3n) is 2.25. The third kappa shape index (κ3) is 3.29. The Bertz CT molecular complexity index is 619. The number of carbonyl (C=O) groups excluding carboxylic acids is 1. The summed E-state index contributed by atoms with van der Waals surface area (Å²) in [5.41, 5.74) is 0.140. The van der Waals surface area contributed by atoms with E-state index in [2.05, 4.69) is 25.7 Å². The van der Waals surface area contributed by atoms with Gasteiger partial charge in [0, 0.05) is 12.3 Å². The molecule has 0 aliphatic rings. The van der Waals surface area contributed by atoms with Crippen molar-refractivity contribution in [3.63, 3.8) is 0 Å². The van der Waals surface area contributed by atoms with Gasteiger partial charge in [-0.25, -0.2) is 14.2 Å². The first-order valence-corrected chi connectivity index (χ1v) is 6.06. The van der Waals surface area contributed by atoms with Gasteiger partial charge in [-0.05, 0) is 40.2 Å². The first kappa shape index (κ1) is 13.5. The Morgan fingerprint density at radius 2 is 2.00 bits per heavy atom. The number of rotatable bonds is 3. The maximum atomic E-state index is 13.1. The smallest absolute Gasteiger partial charge is 0.356 e. The predicted octanol–water partition coefficient (Wildman–Crippen LogP) is 3.56. The number of nitrogens with zero attached hydrogens (tertiary/aromatic N) is 1. The largest absolute Gasteiger partial charge is 0.464 e. The molecule has 0 atom stereocenters. The predicted molar refractivity (Wildman–Crippen MR) is 69.8 cm³/mol. The van der Waals surface area contributed by atoms with Crippen LogP contribution in [-0.4, -0.2) is 18.1 Å². The summed E-state index contributed by atoms with van der Waals surface area (Å²) in [4.78, 5) is 15.2. The molecule has 1 aromatic heterocycles. The topological polar surface area (TPSA) is 48.4 Å². The molecular formula is C13H9BrFNO3. The lowest BCUT2D eigenvalue weighted by Crippen LogP contribution is -2.03. The van der Waals surface area contributed by atoms with E-state index in [1.807, 2.05) is 0 Å². The molecule has 0 saturated carbocycles. The highest BCUT2D eigenvalue weighted by molar-refractivity contribution is 9.10. The van der Waals surface area contributed by atoms with Gasteiger partial charge in [-0.15, -0.1) is 0 Å². The van der Waals surface area contributed by atoms with Crippen LogP contribution in [0.2, 0.25) is 0 Å². The molecule has 0 unspecified atom stereocenters. The van der Waals surface area contributed by atoms with Crippen LogP contribution in [0.4, 0.5) is 4.39 Å². The molecule has 0 radical (unpaired) electrons. The second-order valence-corrected chi connectivity index (χ2v) is 4.40. The fourth-order valence-electron chi connectivity index (χ4n) is 1.37.